The van der Waals surface area contributed by atoms with Gasteiger partial charge in [-0.05, 0) is 6.92 Å². The predicted molar refractivity (Wildman–Crippen MR) is 45.8 cm³/mol. The molecule has 0 aliphatic heterocycles. The van der Waals surface area contributed by atoms with E-state index in [4.69, 9.17) is 5.11 Å². The van der Waals surface area contributed by atoms with Crippen molar-refractivity contribution in [2.24, 2.45) is 0 Å². The summed E-state index contributed by atoms with van der Waals surface area (Å²) in [5, 5.41) is 16.3. The second kappa shape index (κ2) is 3.02. The third kappa shape index (κ3) is 1.10. The molecular formula is C7H7N5O2. The molecule has 0 fully saturated rings. The number of carbonyl (C=O) groups is 1. The van der Waals surface area contributed by atoms with Gasteiger partial charge in [-0.1, -0.05) is 5.21 Å². The molecule has 0 bridgehead atoms. The van der Waals surface area contributed by atoms with Crippen LogP contribution in [0, 0.1) is 0 Å². The Morgan fingerprint density at radius 2 is 2.36 bits per heavy atom. The van der Waals surface area contributed by atoms with Crippen molar-refractivity contribution in [3.63, 3.8) is 0 Å². The number of carboxylic acid groups (broad SMARTS) is 1. The van der Waals surface area contributed by atoms with Crippen molar-refractivity contribution in [2.75, 3.05) is 0 Å². The molecule has 0 spiro atoms. The Bertz CT molecular complexity index is 492. The van der Waals surface area contributed by atoms with Gasteiger partial charge in [-0.15, -0.1) is 5.10 Å². The van der Waals surface area contributed by atoms with Gasteiger partial charge in [0.2, 0.25) is 0 Å². The standard InChI is InChI=1S/C7H7N5O2/c1-2-12-6-4(10-11-12)5(7(13)14)8-3-9-6/h3H,2H2,1H3,(H,13,14). The van der Waals surface area contributed by atoms with Gasteiger partial charge in [-0.25, -0.2) is 19.4 Å². The maximum absolute atomic E-state index is 10.7. The van der Waals surface area contributed by atoms with Crippen LogP contribution in [0.25, 0.3) is 11.2 Å². The predicted octanol–water partition coefficient (Wildman–Crippen LogP) is -0.0606. The van der Waals surface area contributed by atoms with Crippen LogP contribution in [-0.4, -0.2) is 36.0 Å². The van der Waals surface area contributed by atoms with Crippen molar-refractivity contribution in [3.05, 3.63) is 12.0 Å². The highest BCUT2D eigenvalue weighted by atomic mass is 16.4. The number of hydrogen-bond acceptors (Lipinski definition) is 5. The van der Waals surface area contributed by atoms with Gasteiger partial charge < -0.3 is 5.11 Å². The Morgan fingerprint density at radius 3 is 3.00 bits per heavy atom. The van der Waals surface area contributed by atoms with E-state index in [0.717, 1.165) is 0 Å². The van der Waals surface area contributed by atoms with Gasteiger partial charge in [-0.3, -0.25) is 0 Å². The fourth-order valence-corrected chi connectivity index (χ4v) is 1.16. The van der Waals surface area contributed by atoms with Gasteiger partial charge in [-0.2, -0.15) is 0 Å². The van der Waals surface area contributed by atoms with Crippen LogP contribution in [0.2, 0.25) is 0 Å². The van der Waals surface area contributed by atoms with E-state index in [0.29, 0.717) is 12.2 Å². The number of aromatic carboxylic acids is 1. The van der Waals surface area contributed by atoms with Gasteiger partial charge in [0.1, 0.15) is 6.33 Å². The number of hydrogen-bond donors (Lipinski definition) is 1. The Labute approximate surface area is 78.4 Å². The fourth-order valence-electron chi connectivity index (χ4n) is 1.16. The van der Waals surface area contributed by atoms with Gasteiger partial charge >= 0.3 is 5.97 Å². The van der Waals surface area contributed by atoms with Crippen molar-refractivity contribution in [2.45, 2.75) is 13.5 Å². The average molecular weight is 193 g/mol. The van der Waals surface area contributed by atoms with E-state index in [1.165, 1.54) is 11.0 Å². The summed E-state index contributed by atoms with van der Waals surface area (Å²) in [6.45, 7) is 2.46. The van der Waals surface area contributed by atoms with E-state index in [9.17, 15) is 4.79 Å². The molecule has 0 radical (unpaired) electrons. The molecule has 0 saturated carbocycles. The van der Waals surface area contributed by atoms with Gasteiger partial charge in [0.25, 0.3) is 0 Å². The van der Waals surface area contributed by atoms with Gasteiger partial charge in [0.15, 0.2) is 16.9 Å². The van der Waals surface area contributed by atoms with Crippen molar-refractivity contribution in [3.8, 4) is 0 Å². The van der Waals surface area contributed by atoms with Crippen LogP contribution in [0.3, 0.4) is 0 Å². The molecule has 0 unspecified atom stereocenters. The van der Waals surface area contributed by atoms with Crippen LogP contribution >= 0.6 is 0 Å². The second-order valence-electron chi connectivity index (χ2n) is 2.60. The minimum Gasteiger partial charge on any atom is -0.476 e. The molecule has 0 aromatic carbocycles. The highest BCUT2D eigenvalue weighted by molar-refractivity contribution is 5.97. The molecular weight excluding hydrogens is 186 g/mol. The van der Waals surface area contributed by atoms with Crippen molar-refractivity contribution >= 4 is 17.1 Å². The molecule has 2 heterocycles. The lowest BCUT2D eigenvalue weighted by Crippen LogP contribution is -2.03. The molecule has 0 aliphatic carbocycles. The number of aryl methyl sites for hydroxylation is 1. The molecule has 0 atom stereocenters. The number of nitrogens with zero attached hydrogens (tertiary/aromatic N) is 5. The van der Waals surface area contributed by atoms with Crippen LogP contribution in [0.5, 0.6) is 0 Å². The molecule has 72 valence electrons. The van der Waals surface area contributed by atoms with Crippen molar-refractivity contribution < 1.29 is 9.90 Å². The zero-order valence-electron chi connectivity index (χ0n) is 7.38. The quantitative estimate of drug-likeness (QED) is 0.717. The first-order chi connectivity index (χ1) is 6.74. The maximum Gasteiger partial charge on any atom is 0.357 e. The molecule has 1 N–H and O–H groups in total. The van der Waals surface area contributed by atoms with Crippen LogP contribution in [0.15, 0.2) is 6.33 Å². The highest BCUT2D eigenvalue weighted by Gasteiger charge is 2.15. The first-order valence-electron chi connectivity index (χ1n) is 4.01. The van der Waals surface area contributed by atoms with Gasteiger partial charge in [0.05, 0.1) is 0 Å². The Balaban J connectivity index is 2.76. The molecule has 0 amide bonds. The third-order valence-electron chi connectivity index (χ3n) is 1.80. The van der Waals surface area contributed by atoms with Crippen molar-refractivity contribution in [1.29, 1.82) is 0 Å². The summed E-state index contributed by atoms with van der Waals surface area (Å²) in [5.41, 5.74) is 0.552. The number of rotatable bonds is 2. The van der Waals surface area contributed by atoms with Crippen LogP contribution in [0.4, 0.5) is 0 Å². The second-order valence-corrected chi connectivity index (χ2v) is 2.60. The Hall–Kier alpha value is -2.05. The van der Waals surface area contributed by atoms with Crippen LogP contribution in [-0.2, 0) is 6.54 Å². The average Bonchev–Trinajstić information content (AvgIpc) is 2.59. The normalized spacial score (nSPS) is 10.6. The summed E-state index contributed by atoms with van der Waals surface area (Å²) in [6, 6.07) is 0. The zero-order chi connectivity index (χ0) is 10.1. The summed E-state index contributed by atoms with van der Waals surface area (Å²) >= 11 is 0. The zero-order valence-corrected chi connectivity index (χ0v) is 7.38. The smallest absolute Gasteiger partial charge is 0.357 e. The molecule has 14 heavy (non-hydrogen) atoms. The lowest BCUT2D eigenvalue weighted by Gasteiger charge is -1.95. The topological polar surface area (TPSA) is 93.8 Å². The van der Waals surface area contributed by atoms with E-state index in [1.54, 1.807) is 0 Å². The van der Waals surface area contributed by atoms with E-state index < -0.39 is 5.97 Å². The largest absolute Gasteiger partial charge is 0.476 e. The summed E-state index contributed by atoms with van der Waals surface area (Å²) < 4.78 is 1.52. The summed E-state index contributed by atoms with van der Waals surface area (Å²) in [5.74, 6) is -1.12. The number of aromatic nitrogens is 5. The molecule has 7 heteroatoms. The van der Waals surface area contributed by atoms with E-state index in [-0.39, 0.29) is 11.2 Å². The number of carboxylic acids is 1. The lowest BCUT2D eigenvalue weighted by molar-refractivity contribution is 0.0692. The summed E-state index contributed by atoms with van der Waals surface area (Å²) in [7, 11) is 0. The minimum absolute atomic E-state index is 0.116. The Kier molecular flexibility index (Phi) is 1.84. The Morgan fingerprint density at radius 1 is 1.57 bits per heavy atom. The third-order valence-corrected chi connectivity index (χ3v) is 1.80. The van der Waals surface area contributed by atoms with Crippen molar-refractivity contribution in [1.82, 2.24) is 25.0 Å². The van der Waals surface area contributed by atoms with E-state index in [1.807, 2.05) is 6.92 Å². The summed E-state index contributed by atoms with van der Waals surface area (Å²) in [4.78, 5) is 18.3. The fraction of sp³-hybridized carbons (Fsp3) is 0.286. The molecule has 2 aromatic heterocycles. The molecule has 0 aliphatic rings. The molecule has 7 nitrogen and oxygen atoms in total. The van der Waals surface area contributed by atoms with E-state index >= 15 is 0 Å². The lowest BCUT2D eigenvalue weighted by atomic mass is 10.3. The van der Waals surface area contributed by atoms with E-state index in [2.05, 4.69) is 20.3 Å². The van der Waals surface area contributed by atoms with Crippen LogP contribution < -0.4 is 0 Å². The molecule has 0 saturated heterocycles. The monoisotopic (exact) mass is 193 g/mol. The summed E-state index contributed by atoms with van der Waals surface area (Å²) in [6.07, 6.45) is 1.20. The molecule has 2 rings (SSSR count). The highest BCUT2D eigenvalue weighted by Crippen LogP contribution is 2.10. The minimum atomic E-state index is -1.12. The SMILES string of the molecule is CCn1nnc2c(C(=O)O)ncnc21. The first kappa shape index (κ1) is 8.54. The number of fused-ring (bicyclic) bond motifs is 1. The maximum atomic E-state index is 10.7. The van der Waals surface area contributed by atoms with Crippen LogP contribution in [0.1, 0.15) is 17.4 Å². The molecule has 2 aromatic rings. The first-order valence-corrected chi connectivity index (χ1v) is 4.01. The van der Waals surface area contributed by atoms with Gasteiger partial charge in [0, 0.05) is 6.54 Å².